The molecule has 9 heteroatoms. The summed E-state index contributed by atoms with van der Waals surface area (Å²) in [5.74, 6) is 0.420. The van der Waals surface area contributed by atoms with Crippen molar-refractivity contribution in [1.82, 2.24) is 5.43 Å². The van der Waals surface area contributed by atoms with Crippen LogP contribution in [0.3, 0.4) is 0 Å². The first-order chi connectivity index (χ1) is 17.0. The number of ether oxygens (including phenoxy) is 2. The van der Waals surface area contributed by atoms with E-state index < -0.39 is 22.5 Å². The smallest absolute Gasteiger partial charge is 0.264 e. The van der Waals surface area contributed by atoms with Crippen molar-refractivity contribution in [1.29, 1.82) is 0 Å². The number of anilines is 1. The molecule has 0 aliphatic carbocycles. The molecule has 0 aromatic heterocycles. The first-order valence-electron chi connectivity index (χ1n) is 10.9. The lowest BCUT2D eigenvalue weighted by atomic mass is 10.2. The highest BCUT2D eigenvalue weighted by Crippen LogP contribution is 2.32. The Morgan fingerprint density at radius 2 is 1.69 bits per heavy atom. The molecule has 3 rings (SSSR count). The lowest BCUT2D eigenvalue weighted by Gasteiger charge is -2.25. The van der Waals surface area contributed by atoms with Gasteiger partial charge in [0.15, 0.2) is 0 Å². The molecule has 35 heavy (non-hydrogen) atoms. The lowest BCUT2D eigenvalue weighted by molar-refractivity contribution is -0.119. The van der Waals surface area contributed by atoms with Gasteiger partial charge in [0.25, 0.3) is 15.9 Å². The standard InChI is InChI=1S/C26H27N3O5S/c1-3-18-34-22-16-14-21(15-17-22)19-27-28-26(30)20-29(24-12-8-9-13-25(24)33-4-2)35(31,32)23-10-6-5-7-11-23/h3,5-17,19H,1,4,18,20H2,2H3,(H,28,30). The number of amides is 1. The SMILES string of the molecule is C=CCOc1ccc(C=NNC(=O)CN(c2ccccc2OCC)S(=O)(=O)c2ccccc2)cc1. The molecule has 3 aromatic rings. The van der Waals surface area contributed by atoms with Crippen molar-refractivity contribution in [2.75, 3.05) is 24.1 Å². The van der Waals surface area contributed by atoms with Crippen molar-refractivity contribution in [3.05, 3.63) is 97.1 Å². The molecule has 1 N–H and O–H groups in total. The van der Waals surface area contributed by atoms with Crippen LogP contribution in [0.4, 0.5) is 5.69 Å². The monoisotopic (exact) mass is 493 g/mol. The third-order valence-corrected chi connectivity index (χ3v) is 6.48. The highest BCUT2D eigenvalue weighted by Gasteiger charge is 2.29. The van der Waals surface area contributed by atoms with Crippen LogP contribution < -0.4 is 19.2 Å². The van der Waals surface area contributed by atoms with E-state index in [1.807, 2.05) is 0 Å². The minimum absolute atomic E-state index is 0.0568. The predicted octanol–water partition coefficient (Wildman–Crippen LogP) is 4.00. The molecule has 0 spiro atoms. The summed E-state index contributed by atoms with van der Waals surface area (Å²) < 4.78 is 39.0. The number of nitrogens with one attached hydrogen (secondary N) is 1. The summed E-state index contributed by atoms with van der Waals surface area (Å²) in [7, 11) is -4.06. The van der Waals surface area contributed by atoms with E-state index in [1.54, 1.807) is 79.7 Å². The van der Waals surface area contributed by atoms with Crippen LogP contribution in [0.15, 0.2) is 102 Å². The first-order valence-corrected chi connectivity index (χ1v) is 12.3. The zero-order valence-corrected chi connectivity index (χ0v) is 20.1. The summed E-state index contributed by atoms with van der Waals surface area (Å²) in [5, 5.41) is 3.96. The van der Waals surface area contributed by atoms with Gasteiger partial charge in [0, 0.05) is 0 Å². The van der Waals surface area contributed by atoms with E-state index in [1.165, 1.54) is 18.3 Å². The molecule has 8 nitrogen and oxygen atoms in total. The number of nitrogens with zero attached hydrogens (tertiary/aromatic N) is 2. The molecule has 0 unspecified atom stereocenters. The third kappa shape index (κ3) is 6.94. The molecule has 182 valence electrons. The molecule has 0 aliphatic rings. The fraction of sp³-hybridized carbons (Fsp3) is 0.154. The van der Waals surface area contributed by atoms with Gasteiger partial charge >= 0.3 is 0 Å². The van der Waals surface area contributed by atoms with Crippen molar-refractivity contribution in [3.63, 3.8) is 0 Å². The molecule has 0 atom stereocenters. The fourth-order valence-electron chi connectivity index (χ4n) is 3.11. The van der Waals surface area contributed by atoms with Crippen molar-refractivity contribution in [3.8, 4) is 11.5 Å². The van der Waals surface area contributed by atoms with Crippen molar-refractivity contribution in [2.45, 2.75) is 11.8 Å². The Balaban J connectivity index is 1.79. The molecule has 0 radical (unpaired) electrons. The largest absolute Gasteiger partial charge is 0.492 e. The van der Waals surface area contributed by atoms with Crippen LogP contribution in [0.2, 0.25) is 0 Å². The Kier molecular flexibility index (Phi) is 9.02. The van der Waals surface area contributed by atoms with Crippen LogP contribution in [0.25, 0.3) is 0 Å². The van der Waals surface area contributed by atoms with Gasteiger partial charge < -0.3 is 9.47 Å². The topological polar surface area (TPSA) is 97.3 Å². The van der Waals surface area contributed by atoms with E-state index in [-0.39, 0.29) is 10.6 Å². The number of para-hydroxylation sites is 2. The number of sulfonamides is 1. The van der Waals surface area contributed by atoms with Gasteiger partial charge in [-0.3, -0.25) is 9.10 Å². The van der Waals surface area contributed by atoms with Crippen LogP contribution in [0, 0.1) is 0 Å². The van der Waals surface area contributed by atoms with E-state index in [0.717, 1.165) is 9.87 Å². The van der Waals surface area contributed by atoms with Gasteiger partial charge in [0.1, 0.15) is 24.7 Å². The normalized spacial score (nSPS) is 11.1. The van der Waals surface area contributed by atoms with Gasteiger partial charge in [-0.25, -0.2) is 13.8 Å². The van der Waals surface area contributed by atoms with E-state index in [4.69, 9.17) is 9.47 Å². The number of carbonyl (C=O) groups is 1. The Labute approximate surface area is 205 Å². The van der Waals surface area contributed by atoms with Crippen molar-refractivity contribution in [2.24, 2.45) is 5.10 Å². The average Bonchev–Trinajstić information content (AvgIpc) is 2.88. The second-order valence-corrected chi connectivity index (χ2v) is 9.05. The molecule has 3 aromatic carbocycles. The van der Waals surface area contributed by atoms with Crippen LogP contribution in [0.5, 0.6) is 11.5 Å². The summed E-state index contributed by atoms with van der Waals surface area (Å²) in [6.45, 7) is 5.65. The van der Waals surface area contributed by atoms with Crippen molar-refractivity contribution < 1.29 is 22.7 Å². The Morgan fingerprint density at radius 3 is 2.37 bits per heavy atom. The number of rotatable bonds is 12. The van der Waals surface area contributed by atoms with Gasteiger partial charge in [0.2, 0.25) is 0 Å². The summed E-state index contributed by atoms with van der Waals surface area (Å²) in [6.07, 6.45) is 3.11. The maximum atomic E-state index is 13.5. The fourth-order valence-corrected chi connectivity index (χ4v) is 4.56. The summed E-state index contributed by atoms with van der Waals surface area (Å²) in [5.41, 5.74) is 3.38. The van der Waals surface area contributed by atoms with Crippen LogP contribution in [-0.4, -0.2) is 40.3 Å². The van der Waals surface area contributed by atoms with Crippen LogP contribution in [-0.2, 0) is 14.8 Å². The molecular weight excluding hydrogens is 466 g/mol. The second-order valence-electron chi connectivity index (χ2n) is 7.19. The van der Waals surface area contributed by atoms with Gasteiger partial charge in [-0.05, 0) is 61.0 Å². The maximum Gasteiger partial charge on any atom is 0.264 e. The Hall–Kier alpha value is -4.11. The van der Waals surface area contributed by atoms with Crippen LogP contribution in [0.1, 0.15) is 12.5 Å². The lowest BCUT2D eigenvalue weighted by Crippen LogP contribution is -2.39. The van der Waals surface area contributed by atoms with Gasteiger partial charge in [-0.15, -0.1) is 0 Å². The van der Waals surface area contributed by atoms with Gasteiger partial charge in [-0.2, -0.15) is 5.10 Å². The molecule has 0 saturated carbocycles. The molecule has 1 amide bonds. The summed E-state index contributed by atoms with van der Waals surface area (Å²) in [6, 6.07) is 21.7. The predicted molar refractivity (Wildman–Crippen MR) is 136 cm³/mol. The number of benzene rings is 3. The zero-order valence-electron chi connectivity index (χ0n) is 19.3. The summed E-state index contributed by atoms with van der Waals surface area (Å²) >= 11 is 0. The number of hydrazone groups is 1. The molecular formula is C26H27N3O5S. The molecule has 0 saturated heterocycles. The quantitative estimate of drug-likeness (QED) is 0.234. The highest BCUT2D eigenvalue weighted by molar-refractivity contribution is 7.92. The minimum Gasteiger partial charge on any atom is -0.492 e. The first kappa shape index (κ1) is 25.5. The Morgan fingerprint density at radius 1 is 1.00 bits per heavy atom. The van der Waals surface area contributed by atoms with Gasteiger partial charge in [-0.1, -0.05) is 43.0 Å². The summed E-state index contributed by atoms with van der Waals surface area (Å²) in [4.78, 5) is 12.8. The second kappa shape index (κ2) is 12.4. The van der Waals surface area contributed by atoms with E-state index in [0.29, 0.717) is 24.7 Å². The van der Waals surface area contributed by atoms with E-state index in [9.17, 15) is 13.2 Å². The molecule has 0 fully saturated rings. The number of carbonyl (C=O) groups excluding carboxylic acids is 1. The number of hydrogen-bond acceptors (Lipinski definition) is 6. The van der Waals surface area contributed by atoms with E-state index >= 15 is 0 Å². The third-order valence-electron chi connectivity index (χ3n) is 4.70. The molecule has 0 heterocycles. The number of hydrogen-bond donors (Lipinski definition) is 1. The minimum atomic E-state index is -4.06. The maximum absolute atomic E-state index is 13.5. The average molecular weight is 494 g/mol. The van der Waals surface area contributed by atoms with E-state index in [2.05, 4.69) is 17.1 Å². The van der Waals surface area contributed by atoms with Crippen molar-refractivity contribution >= 4 is 27.8 Å². The highest BCUT2D eigenvalue weighted by atomic mass is 32.2. The Bertz CT molecular complexity index is 1260. The van der Waals surface area contributed by atoms with Gasteiger partial charge in [0.05, 0.1) is 23.4 Å². The molecule has 0 aliphatic heterocycles. The zero-order chi connectivity index (χ0) is 25.1. The molecule has 0 bridgehead atoms. The van der Waals surface area contributed by atoms with Crippen LogP contribution >= 0.6 is 0 Å².